The summed E-state index contributed by atoms with van der Waals surface area (Å²) in [6, 6.07) is 7.46. The average Bonchev–Trinajstić information content (AvgIpc) is 2.79. The summed E-state index contributed by atoms with van der Waals surface area (Å²) in [7, 11) is 0. The molecule has 5 nitrogen and oxygen atoms in total. The standard InChI is InChI=1S/C14H14ClN3O2S/c1-9-16-13(15)7-14(17-9)18-5-4-11-6-10(8-21(19)20)2-3-12(11)18/h2-3,6-7H,4-5,8H2,1H3,(H,19,20)/p-1. The molecular formula is C14H13ClN3O2S-. The normalized spacial score (nSPS) is 15.1. The van der Waals surface area contributed by atoms with Crippen LogP contribution in [0.1, 0.15) is 17.0 Å². The molecule has 1 unspecified atom stereocenters. The Morgan fingerprint density at radius 1 is 1.38 bits per heavy atom. The molecule has 0 spiro atoms. The summed E-state index contributed by atoms with van der Waals surface area (Å²) in [5.74, 6) is 1.45. The molecule has 7 heteroatoms. The number of rotatable bonds is 3. The molecule has 1 aliphatic rings. The lowest BCUT2D eigenvalue weighted by Gasteiger charge is -2.19. The predicted molar refractivity (Wildman–Crippen MR) is 81.6 cm³/mol. The van der Waals surface area contributed by atoms with Crippen LogP contribution in [0.3, 0.4) is 0 Å². The molecular weight excluding hydrogens is 310 g/mol. The molecule has 0 amide bonds. The Bertz CT molecular complexity index is 703. The van der Waals surface area contributed by atoms with E-state index in [9.17, 15) is 8.76 Å². The van der Waals surface area contributed by atoms with Gasteiger partial charge in [-0.25, -0.2) is 9.97 Å². The van der Waals surface area contributed by atoms with E-state index in [1.807, 2.05) is 18.2 Å². The van der Waals surface area contributed by atoms with Crippen molar-refractivity contribution in [2.45, 2.75) is 19.1 Å². The Balaban J connectivity index is 1.95. The van der Waals surface area contributed by atoms with Crippen molar-refractivity contribution in [3.63, 3.8) is 0 Å². The number of hydrogen-bond donors (Lipinski definition) is 0. The maximum atomic E-state index is 10.8. The monoisotopic (exact) mass is 322 g/mol. The fourth-order valence-corrected chi connectivity index (χ4v) is 3.25. The van der Waals surface area contributed by atoms with Gasteiger partial charge in [-0.15, -0.1) is 0 Å². The molecule has 21 heavy (non-hydrogen) atoms. The van der Waals surface area contributed by atoms with E-state index >= 15 is 0 Å². The largest absolute Gasteiger partial charge is 0.772 e. The number of fused-ring (bicyclic) bond motifs is 1. The zero-order chi connectivity index (χ0) is 15.0. The van der Waals surface area contributed by atoms with E-state index in [2.05, 4.69) is 14.9 Å². The first-order valence-electron chi connectivity index (χ1n) is 6.49. The van der Waals surface area contributed by atoms with Gasteiger partial charge in [0.05, 0.1) is 0 Å². The molecule has 0 bridgehead atoms. The number of benzene rings is 1. The van der Waals surface area contributed by atoms with Crippen molar-refractivity contribution in [3.8, 4) is 0 Å². The second kappa shape index (κ2) is 5.71. The van der Waals surface area contributed by atoms with Crippen molar-refractivity contribution in [2.24, 2.45) is 0 Å². The van der Waals surface area contributed by atoms with Crippen molar-refractivity contribution in [1.82, 2.24) is 9.97 Å². The lowest BCUT2D eigenvalue weighted by molar-refractivity contribution is 0.536. The van der Waals surface area contributed by atoms with Crippen LogP contribution in [-0.2, 0) is 23.3 Å². The Hall–Kier alpha value is -1.50. The van der Waals surface area contributed by atoms with Crippen LogP contribution in [-0.4, -0.2) is 25.3 Å². The highest BCUT2D eigenvalue weighted by atomic mass is 35.5. The van der Waals surface area contributed by atoms with Gasteiger partial charge in [0.2, 0.25) is 0 Å². The van der Waals surface area contributed by atoms with E-state index in [1.165, 1.54) is 0 Å². The molecule has 1 aromatic carbocycles. The molecule has 2 aromatic rings. The number of hydrogen-bond acceptors (Lipinski definition) is 5. The Morgan fingerprint density at radius 3 is 2.90 bits per heavy atom. The lowest BCUT2D eigenvalue weighted by Crippen LogP contribution is -2.15. The summed E-state index contributed by atoms with van der Waals surface area (Å²) in [6.07, 6.45) is 0.856. The van der Waals surface area contributed by atoms with Crippen LogP contribution in [0, 0.1) is 6.92 Å². The van der Waals surface area contributed by atoms with Gasteiger partial charge in [-0.2, -0.15) is 0 Å². The second-order valence-corrected chi connectivity index (χ2v) is 6.19. The van der Waals surface area contributed by atoms with E-state index in [0.29, 0.717) is 11.0 Å². The van der Waals surface area contributed by atoms with Crippen LogP contribution in [0.15, 0.2) is 24.3 Å². The molecule has 0 saturated heterocycles. The first-order chi connectivity index (χ1) is 10.0. The van der Waals surface area contributed by atoms with Gasteiger partial charge in [0.25, 0.3) is 0 Å². The van der Waals surface area contributed by atoms with Crippen molar-refractivity contribution < 1.29 is 8.76 Å². The van der Waals surface area contributed by atoms with E-state index in [4.69, 9.17) is 11.6 Å². The van der Waals surface area contributed by atoms with Crippen molar-refractivity contribution >= 4 is 34.2 Å². The summed E-state index contributed by atoms with van der Waals surface area (Å²) < 4.78 is 21.6. The van der Waals surface area contributed by atoms with Crippen LogP contribution in [0.25, 0.3) is 0 Å². The van der Waals surface area contributed by atoms with Crippen molar-refractivity contribution in [1.29, 1.82) is 0 Å². The summed E-state index contributed by atoms with van der Waals surface area (Å²) in [5.41, 5.74) is 2.98. The fourth-order valence-electron chi connectivity index (χ4n) is 2.57. The van der Waals surface area contributed by atoms with Crippen molar-refractivity contribution in [2.75, 3.05) is 11.4 Å². The minimum atomic E-state index is -2.07. The smallest absolute Gasteiger partial charge is 0.138 e. The number of aryl methyl sites for hydroxylation is 1. The number of anilines is 2. The molecule has 2 heterocycles. The second-order valence-electron chi connectivity index (χ2n) is 4.91. The van der Waals surface area contributed by atoms with Gasteiger partial charge < -0.3 is 9.45 Å². The third kappa shape index (κ3) is 3.07. The van der Waals surface area contributed by atoms with Gasteiger partial charge >= 0.3 is 0 Å². The average molecular weight is 323 g/mol. The van der Waals surface area contributed by atoms with Gasteiger partial charge in [0.15, 0.2) is 0 Å². The molecule has 3 rings (SSSR count). The molecule has 1 atom stereocenters. The molecule has 1 aromatic heterocycles. The number of nitrogens with zero attached hydrogens (tertiary/aromatic N) is 3. The number of halogens is 1. The van der Waals surface area contributed by atoms with E-state index in [0.717, 1.165) is 35.6 Å². The zero-order valence-corrected chi connectivity index (χ0v) is 12.9. The molecule has 0 N–H and O–H groups in total. The van der Waals surface area contributed by atoms with Crippen LogP contribution in [0.5, 0.6) is 0 Å². The Morgan fingerprint density at radius 2 is 2.19 bits per heavy atom. The molecule has 1 aliphatic heterocycles. The maximum absolute atomic E-state index is 10.8. The molecule has 0 aliphatic carbocycles. The highest BCUT2D eigenvalue weighted by Crippen LogP contribution is 2.34. The van der Waals surface area contributed by atoms with Crippen molar-refractivity contribution in [3.05, 3.63) is 46.4 Å². The van der Waals surface area contributed by atoms with Crippen LogP contribution < -0.4 is 4.90 Å². The predicted octanol–water partition coefficient (Wildman–Crippen LogP) is 2.51. The molecule has 0 saturated carbocycles. The first-order valence-corrected chi connectivity index (χ1v) is 8.11. The van der Waals surface area contributed by atoms with E-state index < -0.39 is 11.1 Å². The minimum absolute atomic E-state index is 0.0473. The summed E-state index contributed by atoms with van der Waals surface area (Å²) in [5, 5.41) is 0.421. The van der Waals surface area contributed by atoms with Gasteiger partial charge in [0, 0.05) is 24.1 Å². The third-order valence-electron chi connectivity index (χ3n) is 3.39. The molecule has 0 radical (unpaired) electrons. The summed E-state index contributed by atoms with van der Waals surface area (Å²) in [4.78, 5) is 10.6. The highest BCUT2D eigenvalue weighted by molar-refractivity contribution is 7.78. The van der Waals surface area contributed by atoms with Crippen LogP contribution >= 0.6 is 11.6 Å². The van der Waals surface area contributed by atoms with Gasteiger partial charge in [-0.05, 0) is 30.5 Å². The Labute approximate surface area is 130 Å². The lowest BCUT2D eigenvalue weighted by atomic mass is 10.1. The van der Waals surface area contributed by atoms with E-state index in [-0.39, 0.29) is 5.75 Å². The fraction of sp³-hybridized carbons (Fsp3) is 0.286. The minimum Gasteiger partial charge on any atom is -0.772 e. The molecule has 110 valence electrons. The van der Waals surface area contributed by atoms with Crippen LogP contribution in [0.2, 0.25) is 5.15 Å². The highest BCUT2D eigenvalue weighted by Gasteiger charge is 2.22. The van der Waals surface area contributed by atoms with Gasteiger partial charge in [-0.3, -0.25) is 4.21 Å². The van der Waals surface area contributed by atoms with Gasteiger partial charge in [-0.1, -0.05) is 34.8 Å². The SMILES string of the molecule is Cc1nc(Cl)cc(N2CCc3cc(CS(=O)[O-])ccc32)n1. The third-order valence-corrected chi connectivity index (χ3v) is 4.16. The molecule has 0 fully saturated rings. The Kier molecular flexibility index (Phi) is 3.93. The summed E-state index contributed by atoms with van der Waals surface area (Å²) >= 11 is 3.93. The number of aromatic nitrogens is 2. The topological polar surface area (TPSA) is 69.2 Å². The zero-order valence-electron chi connectivity index (χ0n) is 11.4. The van der Waals surface area contributed by atoms with Gasteiger partial charge in [0.1, 0.15) is 16.8 Å². The quantitative estimate of drug-likeness (QED) is 0.641. The van der Waals surface area contributed by atoms with Crippen LogP contribution in [0.4, 0.5) is 11.5 Å². The van der Waals surface area contributed by atoms with E-state index in [1.54, 1.807) is 13.0 Å². The first kappa shape index (κ1) is 14.4. The maximum Gasteiger partial charge on any atom is 0.138 e. The summed E-state index contributed by atoms with van der Waals surface area (Å²) in [6.45, 7) is 2.60.